The first-order chi connectivity index (χ1) is 16.7. The van der Waals surface area contributed by atoms with Gasteiger partial charge in [0.2, 0.25) is 5.88 Å². The fraction of sp³-hybridized carbons (Fsp3) is 0.103. The first-order valence-corrected chi connectivity index (χ1v) is 12.0. The molecule has 0 aliphatic carbocycles. The number of hydrogen-bond donors (Lipinski definition) is 0. The normalized spacial score (nSPS) is 11.9. The van der Waals surface area contributed by atoms with E-state index in [4.69, 9.17) is 9.72 Å². The lowest BCUT2D eigenvalue weighted by atomic mass is 9.87. The summed E-state index contributed by atoms with van der Waals surface area (Å²) in [4.78, 5) is 9.09. The summed E-state index contributed by atoms with van der Waals surface area (Å²) in [5.41, 5.74) is 6.53. The molecule has 0 aliphatic rings. The minimum atomic E-state index is 0.615. The second-order valence-corrected chi connectivity index (χ2v) is 8.93. The third-order valence-corrected chi connectivity index (χ3v) is 6.36. The molecule has 4 nitrogen and oxygen atoms in total. The number of hydrogen-bond acceptors (Lipinski definition) is 3. The summed E-state index contributed by atoms with van der Waals surface area (Å²) >= 11 is 3.61. The molecule has 0 bridgehead atoms. The molecule has 0 radical (unpaired) electrons. The number of aromatic nitrogens is 3. The Labute approximate surface area is 207 Å². The third kappa shape index (κ3) is 4.66. The van der Waals surface area contributed by atoms with Crippen LogP contribution >= 0.6 is 15.9 Å². The van der Waals surface area contributed by atoms with Gasteiger partial charge in [-0.2, -0.15) is 0 Å². The van der Waals surface area contributed by atoms with Crippen molar-refractivity contribution in [3.8, 4) is 5.88 Å². The Hall–Kier alpha value is -3.70. The lowest BCUT2D eigenvalue weighted by Gasteiger charge is -2.20. The maximum atomic E-state index is 5.85. The lowest BCUT2D eigenvalue weighted by molar-refractivity contribution is 0.398. The maximum Gasteiger partial charge on any atom is 0.221 e. The van der Waals surface area contributed by atoms with Gasteiger partial charge in [-0.05, 0) is 53.0 Å². The van der Waals surface area contributed by atoms with Gasteiger partial charge in [-0.15, -0.1) is 0 Å². The van der Waals surface area contributed by atoms with Crippen LogP contribution in [0, 0.1) is 0 Å². The average molecular weight is 510 g/mol. The van der Waals surface area contributed by atoms with Gasteiger partial charge in [-0.25, -0.2) is 9.97 Å². The molecule has 0 N–H and O–H groups in total. The van der Waals surface area contributed by atoms with Crippen molar-refractivity contribution >= 4 is 38.0 Å². The zero-order chi connectivity index (χ0) is 23.3. The van der Waals surface area contributed by atoms with Crippen LogP contribution in [-0.4, -0.2) is 21.6 Å². The second kappa shape index (κ2) is 10.1. The van der Waals surface area contributed by atoms with E-state index < -0.39 is 0 Å². The van der Waals surface area contributed by atoms with Gasteiger partial charge < -0.3 is 9.30 Å². The molecule has 5 aromatic rings. The Morgan fingerprint density at radius 3 is 2.32 bits per heavy atom. The van der Waals surface area contributed by atoms with E-state index in [0.29, 0.717) is 5.88 Å². The zero-order valence-corrected chi connectivity index (χ0v) is 20.4. The molecule has 34 heavy (non-hydrogen) atoms. The summed E-state index contributed by atoms with van der Waals surface area (Å²) in [6.07, 6.45) is 6.50. The van der Waals surface area contributed by atoms with E-state index in [1.54, 1.807) is 7.11 Å². The van der Waals surface area contributed by atoms with Crippen molar-refractivity contribution in [2.45, 2.75) is 13.0 Å². The summed E-state index contributed by atoms with van der Waals surface area (Å²) in [6.45, 7) is 0.815. The van der Waals surface area contributed by atoms with E-state index >= 15 is 0 Å². The zero-order valence-electron chi connectivity index (χ0n) is 18.9. The number of imidazole rings is 1. The number of nitrogens with zero attached hydrogens (tertiary/aromatic N) is 3. The van der Waals surface area contributed by atoms with Crippen molar-refractivity contribution in [2.75, 3.05) is 7.11 Å². The number of aryl methyl sites for hydroxylation is 1. The molecule has 5 heteroatoms. The van der Waals surface area contributed by atoms with Gasteiger partial charge in [0.1, 0.15) is 0 Å². The molecule has 0 saturated carbocycles. The van der Waals surface area contributed by atoms with Crippen molar-refractivity contribution in [1.82, 2.24) is 14.5 Å². The van der Waals surface area contributed by atoms with Crippen LogP contribution in [0.25, 0.3) is 22.0 Å². The van der Waals surface area contributed by atoms with Gasteiger partial charge in [0.05, 0.1) is 19.0 Å². The number of allylic oxidation sites excluding steroid dienone is 1. The Balaban J connectivity index is 1.80. The van der Waals surface area contributed by atoms with E-state index in [2.05, 4.69) is 92.2 Å². The van der Waals surface area contributed by atoms with Crippen LogP contribution in [0.5, 0.6) is 5.88 Å². The van der Waals surface area contributed by atoms with E-state index in [1.165, 1.54) is 11.1 Å². The van der Waals surface area contributed by atoms with Crippen molar-refractivity contribution in [2.24, 2.45) is 0 Å². The molecule has 5 rings (SSSR count). The van der Waals surface area contributed by atoms with Crippen molar-refractivity contribution in [1.29, 1.82) is 0 Å². The first-order valence-electron chi connectivity index (χ1n) is 11.2. The molecule has 0 aliphatic heterocycles. The predicted octanol–water partition coefficient (Wildman–Crippen LogP) is 7.25. The molecule has 0 unspecified atom stereocenters. The number of pyridine rings is 1. The fourth-order valence-electron chi connectivity index (χ4n) is 4.27. The monoisotopic (exact) mass is 509 g/mol. The highest BCUT2D eigenvalue weighted by atomic mass is 79.9. The highest BCUT2D eigenvalue weighted by Crippen LogP contribution is 2.39. The number of ether oxygens (including phenoxy) is 1. The predicted molar refractivity (Wildman–Crippen MR) is 142 cm³/mol. The first kappa shape index (κ1) is 22.1. The Morgan fingerprint density at radius 1 is 0.912 bits per heavy atom. The molecule has 168 valence electrons. The van der Waals surface area contributed by atoms with E-state index in [0.717, 1.165) is 45.0 Å². The molecule has 2 aromatic heterocycles. The van der Waals surface area contributed by atoms with Crippen molar-refractivity contribution in [3.05, 3.63) is 125 Å². The Bertz CT molecular complexity index is 1430. The number of halogens is 1. The van der Waals surface area contributed by atoms with Gasteiger partial charge in [-0.1, -0.05) is 76.6 Å². The summed E-state index contributed by atoms with van der Waals surface area (Å²) < 4.78 is 8.98. The molecule has 0 amide bonds. The Kier molecular flexibility index (Phi) is 6.54. The molecular weight excluding hydrogens is 486 g/mol. The summed E-state index contributed by atoms with van der Waals surface area (Å²) in [7, 11) is 1.69. The van der Waals surface area contributed by atoms with E-state index in [-0.39, 0.29) is 0 Å². The third-order valence-electron chi connectivity index (χ3n) is 5.87. The number of rotatable bonds is 7. The van der Waals surface area contributed by atoms with Gasteiger partial charge in [-0.3, -0.25) is 0 Å². The van der Waals surface area contributed by atoms with Crippen LogP contribution in [0.3, 0.4) is 0 Å². The van der Waals surface area contributed by atoms with Crippen molar-refractivity contribution < 1.29 is 4.74 Å². The number of fused-ring (bicyclic) bond motifs is 1. The highest BCUT2D eigenvalue weighted by molar-refractivity contribution is 9.10. The Morgan fingerprint density at radius 2 is 1.65 bits per heavy atom. The smallest absolute Gasteiger partial charge is 0.221 e. The standard InChI is InChI=1S/C29H24BrN3O/c1-34-29-26(19-23-18-24(30)12-13-27(23)32-29)28(22-10-6-3-7-11-22)25(21-8-4-2-5-9-21)14-16-33-17-15-31-20-33/h2-13,15,17-20H,14,16H2,1H3/b28-25-. The largest absolute Gasteiger partial charge is 0.481 e. The van der Waals surface area contributed by atoms with Gasteiger partial charge in [0.15, 0.2) is 0 Å². The summed E-state index contributed by atoms with van der Waals surface area (Å²) in [5.74, 6) is 0.615. The summed E-state index contributed by atoms with van der Waals surface area (Å²) in [5, 5.41) is 1.06. The van der Waals surface area contributed by atoms with E-state index in [1.807, 2.05) is 36.9 Å². The van der Waals surface area contributed by atoms with Crippen molar-refractivity contribution in [3.63, 3.8) is 0 Å². The van der Waals surface area contributed by atoms with Gasteiger partial charge in [0.25, 0.3) is 0 Å². The van der Waals surface area contributed by atoms with Crippen LogP contribution in [-0.2, 0) is 6.54 Å². The minimum absolute atomic E-state index is 0.615. The molecule has 0 saturated heterocycles. The van der Waals surface area contributed by atoms with Crippen LogP contribution in [0.15, 0.2) is 108 Å². The van der Waals surface area contributed by atoms with E-state index in [9.17, 15) is 0 Å². The topological polar surface area (TPSA) is 39.9 Å². The molecule has 2 heterocycles. The summed E-state index contributed by atoms with van der Waals surface area (Å²) in [6, 6.07) is 29.4. The molecule has 0 atom stereocenters. The minimum Gasteiger partial charge on any atom is -0.481 e. The molecular formula is C29H24BrN3O. The van der Waals surface area contributed by atoms with Gasteiger partial charge >= 0.3 is 0 Å². The molecule has 0 spiro atoms. The highest BCUT2D eigenvalue weighted by Gasteiger charge is 2.19. The quantitative estimate of drug-likeness (QED) is 0.217. The number of methoxy groups -OCH3 is 1. The van der Waals surface area contributed by atoms with Crippen LogP contribution in [0.1, 0.15) is 23.1 Å². The second-order valence-electron chi connectivity index (χ2n) is 8.02. The number of benzene rings is 3. The molecule has 0 fully saturated rings. The van der Waals surface area contributed by atoms with Gasteiger partial charge in [0, 0.05) is 34.4 Å². The van der Waals surface area contributed by atoms with Crippen LogP contribution < -0.4 is 4.74 Å². The molecule has 3 aromatic carbocycles. The lowest BCUT2D eigenvalue weighted by Crippen LogP contribution is -2.03. The SMILES string of the molecule is COc1nc2ccc(Br)cc2cc1/C(=C(/CCn1ccnc1)c1ccccc1)c1ccccc1. The average Bonchev–Trinajstić information content (AvgIpc) is 3.40. The fourth-order valence-corrected chi connectivity index (χ4v) is 4.65. The van der Waals surface area contributed by atoms with Crippen LogP contribution in [0.2, 0.25) is 0 Å². The van der Waals surface area contributed by atoms with Crippen LogP contribution in [0.4, 0.5) is 0 Å². The maximum absolute atomic E-state index is 5.85.